The van der Waals surface area contributed by atoms with Gasteiger partial charge in [-0.1, -0.05) is 25.1 Å². The maximum absolute atomic E-state index is 13.6. The predicted molar refractivity (Wildman–Crippen MR) is 68.3 cm³/mol. The van der Waals surface area contributed by atoms with Crippen LogP contribution in [0.4, 0.5) is 4.39 Å². The highest BCUT2D eigenvalue weighted by molar-refractivity contribution is 5.32. The number of aromatic hydroxyl groups is 2. The summed E-state index contributed by atoms with van der Waals surface area (Å²) in [4.78, 5) is 0. The zero-order valence-electron chi connectivity index (χ0n) is 10.1. The minimum atomic E-state index is -0.388. The number of phenolic OH excluding ortho intramolecular Hbond substituents is 2. The maximum Gasteiger partial charge on any atom is 0.130 e. The van der Waals surface area contributed by atoms with Crippen LogP contribution in [0, 0.1) is 5.82 Å². The molecule has 0 amide bonds. The topological polar surface area (TPSA) is 40.5 Å². The summed E-state index contributed by atoms with van der Waals surface area (Å²) in [6.07, 6.45) is 0.552. The first-order chi connectivity index (χ1) is 8.56. The van der Waals surface area contributed by atoms with Crippen LogP contribution in [0.3, 0.4) is 0 Å². The zero-order valence-corrected chi connectivity index (χ0v) is 10.1. The van der Waals surface area contributed by atoms with E-state index in [1.165, 1.54) is 6.07 Å². The molecule has 0 aromatic heterocycles. The molecule has 0 fully saturated rings. The Hall–Kier alpha value is -2.03. The van der Waals surface area contributed by atoms with E-state index in [2.05, 4.69) is 0 Å². The molecule has 0 radical (unpaired) electrons. The largest absolute Gasteiger partial charge is 0.508 e. The summed E-state index contributed by atoms with van der Waals surface area (Å²) in [6.45, 7) is 2.00. The van der Waals surface area contributed by atoms with E-state index in [1.807, 2.05) is 19.1 Å². The number of hydrogen-bond acceptors (Lipinski definition) is 2. The van der Waals surface area contributed by atoms with Crippen LogP contribution in [0.5, 0.6) is 11.5 Å². The molecule has 2 aromatic rings. The molecule has 0 aliphatic carbocycles. The van der Waals surface area contributed by atoms with Crippen LogP contribution in [0.1, 0.15) is 24.0 Å². The Morgan fingerprint density at radius 1 is 1.00 bits per heavy atom. The van der Waals surface area contributed by atoms with Gasteiger partial charge in [0, 0.05) is 6.07 Å². The average Bonchev–Trinajstić information content (AvgIpc) is 2.33. The Labute approximate surface area is 105 Å². The van der Waals surface area contributed by atoms with Gasteiger partial charge in [0.05, 0.1) is 0 Å². The molecular weight excluding hydrogens is 231 g/mol. The molecule has 2 nitrogen and oxygen atoms in total. The van der Waals surface area contributed by atoms with Gasteiger partial charge in [-0.2, -0.15) is 0 Å². The van der Waals surface area contributed by atoms with Crippen molar-refractivity contribution in [3.05, 3.63) is 59.4 Å². The third-order valence-electron chi connectivity index (χ3n) is 3.02. The molecule has 1 atom stereocenters. The van der Waals surface area contributed by atoms with Gasteiger partial charge in [0.15, 0.2) is 0 Å². The molecule has 18 heavy (non-hydrogen) atoms. The normalized spacial score (nSPS) is 12.3. The minimum absolute atomic E-state index is 0.0615. The standard InChI is InChI=1S/C15H15FO2/c1-10(11-2-5-13(17)6-3-11)8-12-4-7-14(18)9-15(12)16/h2-7,9-10,17-18H,8H2,1H3. The summed E-state index contributed by atoms with van der Waals surface area (Å²) in [6, 6.07) is 11.1. The van der Waals surface area contributed by atoms with Crippen molar-refractivity contribution in [2.45, 2.75) is 19.3 Å². The molecule has 0 bridgehead atoms. The predicted octanol–water partition coefficient (Wildman–Crippen LogP) is 3.58. The number of phenols is 2. The second-order valence-corrected chi connectivity index (χ2v) is 4.47. The third-order valence-corrected chi connectivity index (χ3v) is 3.02. The average molecular weight is 246 g/mol. The van der Waals surface area contributed by atoms with Crippen LogP contribution in [-0.2, 0) is 6.42 Å². The van der Waals surface area contributed by atoms with Crippen molar-refractivity contribution in [1.82, 2.24) is 0 Å². The highest BCUT2D eigenvalue weighted by atomic mass is 19.1. The molecule has 0 saturated carbocycles. The summed E-state index contributed by atoms with van der Waals surface area (Å²) in [5.41, 5.74) is 1.62. The lowest BCUT2D eigenvalue weighted by Crippen LogP contribution is -2.00. The first-order valence-electron chi connectivity index (χ1n) is 5.82. The van der Waals surface area contributed by atoms with E-state index in [0.717, 1.165) is 11.6 Å². The molecule has 0 aliphatic rings. The molecule has 0 spiro atoms. The molecule has 3 heteroatoms. The summed E-state index contributed by atoms with van der Waals surface area (Å²) >= 11 is 0. The Bertz CT molecular complexity index is 535. The molecule has 0 aliphatic heterocycles. The second kappa shape index (κ2) is 5.08. The van der Waals surface area contributed by atoms with E-state index < -0.39 is 0 Å². The number of halogens is 1. The summed E-state index contributed by atoms with van der Waals surface area (Å²) < 4.78 is 13.6. The van der Waals surface area contributed by atoms with Gasteiger partial charge in [-0.3, -0.25) is 0 Å². The van der Waals surface area contributed by atoms with Gasteiger partial charge >= 0.3 is 0 Å². The van der Waals surface area contributed by atoms with Crippen molar-refractivity contribution < 1.29 is 14.6 Å². The highest BCUT2D eigenvalue weighted by Gasteiger charge is 2.10. The molecule has 2 aromatic carbocycles. The van der Waals surface area contributed by atoms with E-state index in [4.69, 9.17) is 5.11 Å². The molecule has 2 N–H and O–H groups in total. The third kappa shape index (κ3) is 2.80. The van der Waals surface area contributed by atoms with Gasteiger partial charge < -0.3 is 10.2 Å². The molecule has 94 valence electrons. The lowest BCUT2D eigenvalue weighted by Gasteiger charge is -2.12. The maximum atomic E-state index is 13.6. The fourth-order valence-electron chi connectivity index (χ4n) is 1.95. The van der Waals surface area contributed by atoms with Crippen LogP contribution in [0.15, 0.2) is 42.5 Å². The SMILES string of the molecule is CC(Cc1ccc(O)cc1F)c1ccc(O)cc1. The van der Waals surface area contributed by atoms with E-state index in [0.29, 0.717) is 12.0 Å². The van der Waals surface area contributed by atoms with E-state index in [-0.39, 0.29) is 23.2 Å². The second-order valence-electron chi connectivity index (χ2n) is 4.47. The molecule has 1 unspecified atom stereocenters. The Kier molecular flexibility index (Phi) is 3.51. The van der Waals surface area contributed by atoms with E-state index in [1.54, 1.807) is 18.2 Å². The molecule has 0 saturated heterocycles. The lowest BCUT2D eigenvalue weighted by molar-refractivity contribution is 0.467. The molecule has 2 rings (SSSR count). The van der Waals surface area contributed by atoms with Crippen molar-refractivity contribution in [2.24, 2.45) is 0 Å². The van der Waals surface area contributed by atoms with Gasteiger partial charge in [-0.15, -0.1) is 0 Å². The van der Waals surface area contributed by atoms with Gasteiger partial charge in [-0.05, 0) is 41.7 Å². The zero-order chi connectivity index (χ0) is 13.1. The quantitative estimate of drug-likeness (QED) is 0.869. The Morgan fingerprint density at radius 2 is 1.61 bits per heavy atom. The monoisotopic (exact) mass is 246 g/mol. The fourth-order valence-corrected chi connectivity index (χ4v) is 1.95. The number of rotatable bonds is 3. The van der Waals surface area contributed by atoms with Crippen molar-refractivity contribution >= 4 is 0 Å². The van der Waals surface area contributed by atoms with Crippen LogP contribution in [0.25, 0.3) is 0 Å². The Balaban J connectivity index is 2.15. The first kappa shape index (κ1) is 12.4. The van der Waals surface area contributed by atoms with Crippen molar-refractivity contribution in [3.8, 4) is 11.5 Å². The molecular formula is C15H15FO2. The smallest absolute Gasteiger partial charge is 0.130 e. The Morgan fingerprint density at radius 3 is 2.22 bits per heavy atom. The first-order valence-corrected chi connectivity index (χ1v) is 5.82. The minimum Gasteiger partial charge on any atom is -0.508 e. The van der Waals surface area contributed by atoms with E-state index >= 15 is 0 Å². The summed E-state index contributed by atoms with van der Waals surface area (Å²) in [7, 11) is 0. The van der Waals surface area contributed by atoms with Crippen LogP contribution < -0.4 is 0 Å². The summed E-state index contributed by atoms with van der Waals surface area (Å²) in [5, 5.41) is 18.4. The van der Waals surface area contributed by atoms with Crippen molar-refractivity contribution in [3.63, 3.8) is 0 Å². The summed E-state index contributed by atoms with van der Waals surface area (Å²) in [5.74, 6) is -0.0828. The van der Waals surface area contributed by atoms with Crippen LogP contribution in [-0.4, -0.2) is 10.2 Å². The van der Waals surface area contributed by atoms with Crippen molar-refractivity contribution in [2.75, 3.05) is 0 Å². The van der Waals surface area contributed by atoms with E-state index in [9.17, 15) is 9.50 Å². The molecule has 0 heterocycles. The van der Waals surface area contributed by atoms with Crippen LogP contribution in [0.2, 0.25) is 0 Å². The van der Waals surface area contributed by atoms with Gasteiger partial charge in [0.1, 0.15) is 17.3 Å². The number of benzene rings is 2. The number of hydrogen-bond donors (Lipinski definition) is 2. The van der Waals surface area contributed by atoms with Crippen molar-refractivity contribution in [1.29, 1.82) is 0 Å². The fraction of sp³-hybridized carbons (Fsp3) is 0.200. The highest BCUT2D eigenvalue weighted by Crippen LogP contribution is 2.25. The van der Waals surface area contributed by atoms with Crippen LogP contribution >= 0.6 is 0 Å². The lowest BCUT2D eigenvalue weighted by atomic mass is 9.93. The van der Waals surface area contributed by atoms with Gasteiger partial charge in [-0.25, -0.2) is 4.39 Å². The van der Waals surface area contributed by atoms with Gasteiger partial charge in [0.25, 0.3) is 0 Å². The van der Waals surface area contributed by atoms with Gasteiger partial charge in [0.2, 0.25) is 0 Å².